The SMILES string of the molecule is O=C(/C=C/c1nc2ccccc2s1)NCC(c1ccc(F)cc1)N1CCOCC1. The van der Waals surface area contributed by atoms with Crippen molar-refractivity contribution in [3.05, 3.63) is 71.0 Å². The van der Waals surface area contributed by atoms with Crippen LogP contribution in [0, 0.1) is 5.82 Å². The molecule has 0 spiro atoms. The second kappa shape index (κ2) is 9.26. The minimum Gasteiger partial charge on any atom is -0.379 e. The van der Waals surface area contributed by atoms with Gasteiger partial charge in [0.05, 0.1) is 29.5 Å². The van der Waals surface area contributed by atoms with Crippen LogP contribution in [-0.2, 0) is 9.53 Å². The largest absolute Gasteiger partial charge is 0.379 e. The molecule has 1 amide bonds. The van der Waals surface area contributed by atoms with E-state index in [0.29, 0.717) is 19.8 Å². The predicted octanol–water partition coefficient (Wildman–Crippen LogP) is 3.64. The topological polar surface area (TPSA) is 54.5 Å². The number of rotatable bonds is 6. The lowest BCUT2D eigenvalue weighted by atomic mass is 10.0. The van der Waals surface area contributed by atoms with E-state index in [-0.39, 0.29) is 17.8 Å². The molecule has 150 valence electrons. The Kier molecular flexibility index (Phi) is 6.29. The van der Waals surface area contributed by atoms with Gasteiger partial charge >= 0.3 is 0 Å². The van der Waals surface area contributed by atoms with Crippen LogP contribution in [0.3, 0.4) is 0 Å². The quantitative estimate of drug-likeness (QED) is 0.630. The average Bonchev–Trinajstić information content (AvgIpc) is 3.17. The van der Waals surface area contributed by atoms with E-state index in [1.165, 1.54) is 18.2 Å². The molecule has 2 aromatic carbocycles. The molecule has 3 aromatic rings. The third kappa shape index (κ3) is 5.06. The van der Waals surface area contributed by atoms with Crippen LogP contribution < -0.4 is 5.32 Å². The Hall–Kier alpha value is -2.61. The van der Waals surface area contributed by atoms with E-state index in [0.717, 1.165) is 33.9 Å². The first-order valence-electron chi connectivity index (χ1n) is 9.58. The van der Waals surface area contributed by atoms with Crippen LogP contribution in [0.1, 0.15) is 16.6 Å². The summed E-state index contributed by atoms with van der Waals surface area (Å²) < 4.78 is 19.9. The lowest BCUT2D eigenvalue weighted by molar-refractivity contribution is -0.116. The van der Waals surface area contributed by atoms with Gasteiger partial charge in [0.25, 0.3) is 0 Å². The second-order valence-corrected chi connectivity index (χ2v) is 7.88. The van der Waals surface area contributed by atoms with Crippen molar-refractivity contribution in [2.45, 2.75) is 6.04 Å². The van der Waals surface area contributed by atoms with E-state index in [9.17, 15) is 9.18 Å². The molecule has 7 heteroatoms. The molecule has 2 heterocycles. The molecule has 1 unspecified atom stereocenters. The molecule has 1 aliphatic rings. The number of carbonyl (C=O) groups excluding carboxylic acids is 1. The van der Waals surface area contributed by atoms with Gasteiger partial charge in [0, 0.05) is 25.7 Å². The molecule has 1 saturated heterocycles. The van der Waals surface area contributed by atoms with Crippen molar-refractivity contribution in [1.82, 2.24) is 15.2 Å². The number of halogens is 1. The molecule has 0 radical (unpaired) electrons. The van der Waals surface area contributed by atoms with Crippen molar-refractivity contribution in [2.24, 2.45) is 0 Å². The summed E-state index contributed by atoms with van der Waals surface area (Å²) in [5.41, 5.74) is 1.91. The molecule has 1 aliphatic heterocycles. The van der Waals surface area contributed by atoms with Gasteiger partial charge in [-0.05, 0) is 35.9 Å². The smallest absolute Gasteiger partial charge is 0.244 e. The Morgan fingerprint density at radius 2 is 1.97 bits per heavy atom. The van der Waals surface area contributed by atoms with Gasteiger partial charge in [-0.2, -0.15) is 0 Å². The van der Waals surface area contributed by atoms with Crippen molar-refractivity contribution < 1.29 is 13.9 Å². The monoisotopic (exact) mass is 411 g/mol. The lowest BCUT2D eigenvalue weighted by Gasteiger charge is -2.34. The van der Waals surface area contributed by atoms with Crippen LogP contribution in [0.2, 0.25) is 0 Å². The number of hydrogen-bond acceptors (Lipinski definition) is 5. The van der Waals surface area contributed by atoms with Gasteiger partial charge in [0.1, 0.15) is 10.8 Å². The number of para-hydroxylation sites is 1. The lowest BCUT2D eigenvalue weighted by Crippen LogP contribution is -2.43. The van der Waals surface area contributed by atoms with Gasteiger partial charge < -0.3 is 10.1 Å². The van der Waals surface area contributed by atoms with Crippen molar-refractivity contribution >= 4 is 33.5 Å². The summed E-state index contributed by atoms with van der Waals surface area (Å²) in [6.07, 6.45) is 3.25. The third-order valence-electron chi connectivity index (χ3n) is 4.90. The molecule has 1 N–H and O–H groups in total. The van der Waals surface area contributed by atoms with Crippen molar-refractivity contribution in [3.63, 3.8) is 0 Å². The molecule has 4 rings (SSSR count). The van der Waals surface area contributed by atoms with E-state index in [1.54, 1.807) is 29.5 Å². The number of nitrogens with one attached hydrogen (secondary N) is 1. The Morgan fingerprint density at radius 1 is 1.21 bits per heavy atom. The van der Waals surface area contributed by atoms with Crippen LogP contribution in [0.5, 0.6) is 0 Å². The predicted molar refractivity (Wildman–Crippen MR) is 113 cm³/mol. The molecule has 0 saturated carbocycles. The molecular weight excluding hydrogens is 389 g/mol. The first-order chi connectivity index (χ1) is 14.2. The summed E-state index contributed by atoms with van der Waals surface area (Å²) in [5.74, 6) is -0.443. The maximum atomic E-state index is 13.3. The Labute approximate surface area is 172 Å². The molecule has 1 atom stereocenters. The average molecular weight is 412 g/mol. The highest BCUT2D eigenvalue weighted by Crippen LogP contribution is 2.23. The first kappa shape index (κ1) is 19.7. The number of ether oxygens (including phenoxy) is 1. The Morgan fingerprint density at radius 3 is 2.72 bits per heavy atom. The summed E-state index contributed by atoms with van der Waals surface area (Å²) >= 11 is 1.55. The minimum absolute atomic E-state index is 0.0284. The number of fused-ring (bicyclic) bond motifs is 1. The highest BCUT2D eigenvalue weighted by Gasteiger charge is 2.23. The maximum absolute atomic E-state index is 13.3. The highest BCUT2D eigenvalue weighted by molar-refractivity contribution is 7.19. The fraction of sp³-hybridized carbons (Fsp3) is 0.273. The Balaban J connectivity index is 1.41. The number of aromatic nitrogens is 1. The maximum Gasteiger partial charge on any atom is 0.244 e. The summed E-state index contributed by atoms with van der Waals surface area (Å²) in [5, 5.41) is 3.77. The summed E-state index contributed by atoms with van der Waals surface area (Å²) in [7, 11) is 0. The van der Waals surface area contributed by atoms with Crippen LogP contribution in [0.15, 0.2) is 54.6 Å². The number of morpholine rings is 1. The van der Waals surface area contributed by atoms with Crippen molar-refractivity contribution in [2.75, 3.05) is 32.8 Å². The van der Waals surface area contributed by atoms with Gasteiger partial charge in [-0.3, -0.25) is 9.69 Å². The summed E-state index contributed by atoms with van der Waals surface area (Å²) in [6.45, 7) is 3.31. The standard InChI is InChI=1S/C22H22FN3O2S/c23-17-7-5-16(6-8-17)19(26-11-13-28-14-12-26)15-24-21(27)9-10-22-25-18-3-1-2-4-20(18)29-22/h1-10,19H,11-15H2,(H,24,27)/b10-9+. The van der Waals surface area contributed by atoms with Gasteiger partial charge in [-0.1, -0.05) is 24.3 Å². The van der Waals surface area contributed by atoms with E-state index < -0.39 is 0 Å². The zero-order valence-corrected chi connectivity index (χ0v) is 16.7. The number of amides is 1. The van der Waals surface area contributed by atoms with Crippen LogP contribution in [-0.4, -0.2) is 48.6 Å². The summed E-state index contributed by atoms with van der Waals surface area (Å²) in [6, 6.07) is 14.3. The van der Waals surface area contributed by atoms with Crippen molar-refractivity contribution in [1.29, 1.82) is 0 Å². The van der Waals surface area contributed by atoms with Gasteiger partial charge in [0.2, 0.25) is 5.91 Å². The number of carbonyl (C=O) groups is 1. The molecular formula is C22H22FN3O2S. The van der Waals surface area contributed by atoms with Crippen LogP contribution >= 0.6 is 11.3 Å². The van der Waals surface area contributed by atoms with Crippen LogP contribution in [0.25, 0.3) is 16.3 Å². The Bertz CT molecular complexity index is 964. The zero-order valence-electron chi connectivity index (χ0n) is 15.9. The number of hydrogen-bond donors (Lipinski definition) is 1. The third-order valence-corrected chi connectivity index (χ3v) is 5.90. The molecule has 0 aliphatic carbocycles. The zero-order chi connectivity index (χ0) is 20.1. The fourth-order valence-corrected chi connectivity index (χ4v) is 4.27. The summed E-state index contributed by atoms with van der Waals surface area (Å²) in [4.78, 5) is 19.1. The fourth-order valence-electron chi connectivity index (χ4n) is 3.40. The normalized spacial score (nSPS) is 16.3. The molecule has 5 nitrogen and oxygen atoms in total. The highest BCUT2D eigenvalue weighted by atomic mass is 32.1. The molecule has 1 fully saturated rings. The first-order valence-corrected chi connectivity index (χ1v) is 10.4. The van der Waals surface area contributed by atoms with Gasteiger partial charge in [-0.15, -0.1) is 11.3 Å². The van der Waals surface area contributed by atoms with E-state index in [1.807, 2.05) is 24.3 Å². The molecule has 0 bridgehead atoms. The minimum atomic E-state index is -0.266. The van der Waals surface area contributed by atoms with E-state index in [2.05, 4.69) is 15.2 Å². The van der Waals surface area contributed by atoms with Gasteiger partial charge in [-0.25, -0.2) is 9.37 Å². The van der Waals surface area contributed by atoms with E-state index in [4.69, 9.17) is 4.74 Å². The number of nitrogens with zero attached hydrogens (tertiary/aromatic N) is 2. The second-order valence-electron chi connectivity index (χ2n) is 6.81. The number of thiazole rings is 1. The van der Waals surface area contributed by atoms with Crippen molar-refractivity contribution in [3.8, 4) is 0 Å². The molecule has 29 heavy (non-hydrogen) atoms. The molecule has 1 aromatic heterocycles. The van der Waals surface area contributed by atoms with Crippen LogP contribution in [0.4, 0.5) is 4.39 Å². The van der Waals surface area contributed by atoms with E-state index >= 15 is 0 Å². The number of benzene rings is 2. The van der Waals surface area contributed by atoms with Gasteiger partial charge in [0.15, 0.2) is 0 Å².